The monoisotopic (exact) mass is 352 g/mol. The van der Waals surface area contributed by atoms with Crippen molar-refractivity contribution < 1.29 is 9.53 Å². The second-order valence-electron chi connectivity index (χ2n) is 6.93. The molecule has 1 amide bonds. The predicted octanol–water partition coefficient (Wildman–Crippen LogP) is 3.00. The van der Waals surface area contributed by atoms with E-state index in [4.69, 9.17) is 10.5 Å². The number of carbonyl (C=O) groups is 1. The minimum Gasteiger partial charge on any atom is -0.364 e. The van der Waals surface area contributed by atoms with Crippen LogP contribution in [0.5, 0.6) is 0 Å². The van der Waals surface area contributed by atoms with Crippen LogP contribution in [0.3, 0.4) is 0 Å². The Hall–Kier alpha value is -1.10. The van der Waals surface area contributed by atoms with Gasteiger partial charge in [-0.05, 0) is 55.9 Å². The summed E-state index contributed by atoms with van der Waals surface area (Å²) in [5.74, 6) is 1.34. The van der Waals surface area contributed by atoms with Gasteiger partial charge in [-0.1, -0.05) is 30.3 Å². The summed E-state index contributed by atoms with van der Waals surface area (Å²) in [5.41, 5.74) is 7.05. The van der Waals surface area contributed by atoms with Crippen LogP contribution >= 0.6 is 12.4 Å². The molecule has 5 heteroatoms. The molecule has 1 saturated carbocycles. The van der Waals surface area contributed by atoms with Crippen molar-refractivity contribution in [1.29, 1.82) is 0 Å². The fourth-order valence-corrected chi connectivity index (χ4v) is 3.86. The van der Waals surface area contributed by atoms with Gasteiger partial charge in [0.2, 0.25) is 5.91 Å². The van der Waals surface area contributed by atoms with Crippen LogP contribution in [0.15, 0.2) is 30.3 Å². The summed E-state index contributed by atoms with van der Waals surface area (Å²) in [6.45, 7) is 1.29. The predicted molar refractivity (Wildman–Crippen MR) is 98.3 cm³/mol. The summed E-state index contributed by atoms with van der Waals surface area (Å²) in [6, 6.07) is 10.8. The minimum atomic E-state index is -0.288. The van der Waals surface area contributed by atoms with Crippen molar-refractivity contribution in [2.75, 3.05) is 13.1 Å². The molecule has 1 aliphatic carbocycles. The number of nitrogens with two attached hydrogens (primary N) is 1. The maximum atomic E-state index is 12.2. The Kier molecular flexibility index (Phi) is 7.53. The molecule has 0 aromatic heterocycles. The van der Waals surface area contributed by atoms with Gasteiger partial charge in [0, 0.05) is 13.1 Å². The van der Waals surface area contributed by atoms with E-state index in [2.05, 4.69) is 35.6 Å². The zero-order valence-electron chi connectivity index (χ0n) is 14.2. The molecule has 1 heterocycles. The first-order valence-corrected chi connectivity index (χ1v) is 8.94. The van der Waals surface area contributed by atoms with E-state index in [0.717, 1.165) is 19.4 Å². The Morgan fingerprint density at radius 2 is 1.79 bits per heavy atom. The highest BCUT2D eigenvalue weighted by Gasteiger charge is 2.30. The molecular weight excluding hydrogens is 324 g/mol. The molecule has 3 rings (SSSR count). The van der Waals surface area contributed by atoms with Gasteiger partial charge in [0.05, 0.1) is 6.10 Å². The molecule has 134 valence electrons. The Labute approximate surface area is 150 Å². The Balaban J connectivity index is 0.00000208. The molecule has 1 aromatic carbocycles. The zero-order valence-corrected chi connectivity index (χ0v) is 15.0. The Morgan fingerprint density at radius 1 is 1.08 bits per heavy atom. The van der Waals surface area contributed by atoms with E-state index < -0.39 is 0 Å². The summed E-state index contributed by atoms with van der Waals surface area (Å²) in [7, 11) is 0. The van der Waals surface area contributed by atoms with Crippen molar-refractivity contribution in [3.8, 4) is 0 Å². The SMILES string of the molecule is Cl.NC[C@H]1CC[C@@H](C(=O)NCC2CCC(c3ccccc3)CC2)O1. The molecule has 1 aliphatic heterocycles. The van der Waals surface area contributed by atoms with Crippen LogP contribution in [0, 0.1) is 5.92 Å². The smallest absolute Gasteiger partial charge is 0.249 e. The normalized spacial score (nSPS) is 29.7. The fraction of sp³-hybridized carbons (Fsp3) is 0.632. The van der Waals surface area contributed by atoms with Crippen LogP contribution in [0.25, 0.3) is 0 Å². The summed E-state index contributed by atoms with van der Waals surface area (Å²) in [6.07, 6.45) is 6.30. The molecule has 1 saturated heterocycles. The second-order valence-corrected chi connectivity index (χ2v) is 6.93. The lowest BCUT2D eigenvalue weighted by Crippen LogP contribution is -2.38. The number of benzene rings is 1. The van der Waals surface area contributed by atoms with Crippen molar-refractivity contribution in [1.82, 2.24) is 5.32 Å². The van der Waals surface area contributed by atoms with Crippen LogP contribution in [0.1, 0.15) is 50.0 Å². The molecule has 2 aliphatic rings. The van der Waals surface area contributed by atoms with Gasteiger partial charge in [-0.2, -0.15) is 0 Å². The van der Waals surface area contributed by atoms with E-state index in [1.165, 1.54) is 31.2 Å². The summed E-state index contributed by atoms with van der Waals surface area (Å²) in [5, 5.41) is 3.09. The topological polar surface area (TPSA) is 64.4 Å². The fourth-order valence-electron chi connectivity index (χ4n) is 3.86. The molecule has 4 nitrogen and oxygen atoms in total. The van der Waals surface area contributed by atoms with Gasteiger partial charge in [0.25, 0.3) is 0 Å². The first-order chi connectivity index (χ1) is 11.3. The number of ether oxygens (including phenoxy) is 1. The first kappa shape index (κ1) is 19.2. The summed E-state index contributed by atoms with van der Waals surface area (Å²) < 4.78 is 5.65. The highest BCUT2D eigenvalue weighted by Crippen LogP contribution is 2.35. The molecule has 0 spiro atoms. The maximum absolute atomic E-state index is 12.2. The number of hydrogen-bond donors (Lipinski definition) is 2. The average Bonchev–Trinajstić information content (AvgIpc) is 3.10. The van der Waals surface area contributed by atoms with Crippen LogP contribution in [0.2, 0.25) is 0 Å². The maximum Gasteiger partial charge on any atom is 0.249 e. The molecule has 1 aromatic rings. The van der Waals surface area contributed by atoms with Crippen molar-refractivity contribution >= 4 is 18.3 Å². The number of nitrogens with one attached hydrogen (secondary N) is 1. The quantitative estimate of drug-likeness (QED) is 0.856. The third-order valence-electron chi connectivity index (χ3n) is 5.35. The number of carbonyl (C=O) groups excluding carboxylic acids is 1. The van der Waals surface area contributed by atoms with E-state index in [0.29, 0.717) is 18.4 Å². The molecule has 3 N–H and O–H groups in total. The van der Waals surface area contributed by atoms with E-state index in [9.17, 15) is 4.79 Å². The lowest BCUT2D eigenvalue weighted by atomic mass is 9.78. The lowest BCUT2D eigenvalue weighted by molar-refractivity contribution is -0.132. The van der Waals surface area contributed by atoms with E-state index in [1.54, 1.807) is 0 Å². The van der Waals surface area contributed by atoms with E-state index >= 15 is 0 Å². The lowest BCUT2D eigenvalue weighted by Gasteiger charge is -2.29. The Bertz CT molecular complexity index is 503. The summed E-state index contributed by atoms with van der Waals surface area (Å²) >= 11 is 0. The largest absolute Gasteiger partial charge is 0.364 e. The molecule has 24 heavy (non-hydrogen) atoms. The number of rotatable bonds is 5. The highest BCUT2D eigenvalue weighted by molar-refractivity contribution is 5.85. The highest BCUT2D eigenvalue weighted by atomic mass is 35.5. The van der Waals surface area contributed by atoms with Gasteiger partial charge in [0.1, 0.15) is 6.10 Å². The Morgan fingerprint density at radius 3 is 2.42 bits per heavy atom. The van der Waals surface area contributed by atoms with Crippen molar-refractivity contribution in [3.05, 3.63) is 35.9 Å². The van der Waals surface area contributed by atoms with Crippen molar-refractivity contribution in [2.24, 2.45) is 11.7 Å². The van der Waals surface area contributed by atoms with Crippen molar-refractivity contribution in [2.45, 2.75) is 56.7 Å². The molecule has 0 bridgehead atoms. The first-order valence-electron chi connectivity index (χ1n) is 8.94. The molecule has 2 atom stereocenters. The number of hydrogen-bond acceptors (Lipinski definition) is 3. The van der Waals surface area contributed by atoms with Crippen LogP contribution in [-0.2, 0) is 9.53 Å². The molecule has 2 fully saturated rings. The van der Waals surface area contributed by atoms with Gasteiger partial charge in [-0.3, -0.25) is 4.79 Å². The average molecular weight is 353 g/mol. The minimum absolute atomic E-state index is 0. The van der Waals surface area contributed by atoms with E-state index in [-0.39, 0.29) is 30.5 Å². The molecular formula is C19H29ClN2O2. The van der Waals surface area contributed by atoms with Crippen LogP contribution < -0.4 is 11.1 Å². The van der Waals surface area contributed by atoms with Gasteiger partial charge in [0.15, 0.2) is 0 Å². The van der Waals surface area contributed by atoms with Gasteiger partial charge >= 0.3 is 0 Å². The van der Waals surface area contributed by atoms with Gasteiger partial charge in [-0.15, -0.1) is 12.4 Å². The third kappa shape index (κ3) is 4.95. The van der Waals surface area contributed by atoms with E-state index in [1.807, 2.05) is 0 Å². The zero-order chi connectivity index (χ0) is 16.1. The van der Waals surface area contributed by atoms with Gasteiger partial charge < -0.3 is 15.8 Å². The number of amides is 1. The molecule has 0 radical (unpaired) electrons. The second kappa shape index (κ2) is 9.40. The molecule has 0 unspecified atom stereocenters. The van der Waals surface area contributed by atoms with Gasteiger partial charge in [-0.25, -0.2) is 0 Å². The van der Waals surface area contributed by atoms with Crippen LogP contribution in [0.4, 0.5) is 0 Å². The van der Waals surface area contributed by atoms with Crippen molar-refractivity contribution in [3.63, 3.8) is 0 Å². The standard InChI is InChI=1S/C19H28N2O2.ClH/c20-12-17-10-11-18(23-17)19(22)21-13-14-6-8-16(9-7-14)15-4-2-1-3-5-15;/h1-5,14,16-18H,6-13,20H2,(H,21,22);1H/t14?,16?,17-,18+;/m1./s1. The number of halogens is 1. The summed E-state index contributed by atoms with van der Waals surface area (Å²) in [4.78, 5) is 12.2. The third-order valence-corrected chi connectivity index (χ3v) is 5.35. The van der Waals surface area contributed by atoms with Crippen LogP contribution in [-0.4, -0.2) is 31.2 Å².